The minimum atomic E-state index is -0.0973. The van der Waals surface area contributed by atoms with Crippen molar-refractivity contribution in [2.45, 2.75) is 45.2 Å². The molecule has 1 N–H and O–H groups in total. The SMILES string of the molecule is C[C@H](Cn1cccn1)NC(=O)CN1CCCCCC1=O. The minimum Gasteiger partial charge on any atom is -0.350 e. The van der Waals surface area contributed by atoms with Crippen LogP contribution in [0.4, 0.5) is 0 Å². The molecule has 0 aromatic carbocycles. The molecule has 1 atom stereocenters. The van der Waals surface area contributed by atoms with Gasteiger partial charge in [-0.05, 0) is 25.8 Å². The van der Waals surface area contributed by atoms with E-state index in [-0.39, 0.29) is 24.4 Å². The van der Waals surface area contributed by atoms with Crippen molar-refractivity contribution < 1.29 is 9.59 Å². The van der Waals surface area contributed by atoms with Crippen LogP contribution in [0.3, 0.4) is 0 Å². The monoisotopic (exact) mass is 278 g/mol. The van der Waals surface area contributed by atoms with Crippen LogP contribution in [0, 0.1) is 0 Å². The molecule has 0 spiro atoms. The van der Waals surface area contributed by atoms with E-state index < -0.39 is 0 Å². The summed E-state index contributed by atoms with van der Waals surface area (Å²) in [4.78, 5) is 25.5. The Labute approximate surface area is 119 Å². The van der Waals surface area contributed by atoms with Crippen LogP contribution < -0.4 is 5.32 Å². The Kier molecular flexibility index (Phi) is 5.15. The van der Waals surface area contributed by atoms with E-state index in [1.54, 1.807) is 15.8 Å². The van der Waals surface area contributed by atoms with E-state index in [1.165, 1.54) is 0 Å². The second kappa shape index (κ2) is 7.07. The first-order chi connectivity index (χ1) is 9.65. The van der Waals surface area contributed by atoms with Gasteiger partial charge in [0.2, 0.25) is 11.8 Å². The smallest absolute Gasteiger partial charge is 0.239 e. The van der Waals surface area contributed by atoms with Gasteiger partial charge in [0, 0.05) is 31.4 Å². The van der Waals surface area contributed by atoms with Gasteiger partial charge in [-0.25, -0.2) is 0 Å². The van der Waals surface area contributed by atoms with E-state index in [4.69, 9.17) is 0 Å². The van der Waals surface area contributed by atoms with Crippen molar-refractivity contribution in [3.8, 4) is 0 Å². The molecule has 0 bridgehead atoms. The van der Waals surface area contributed by atoms with E-state index in [2.05, 4.69) is 10.4 Å². The first-order valence-electron chi connectivity index (χ1n) is 7.19. The molecule has 0 saturated carbocycles. The van der Waals surface area contributed by atoms with Gasteiger partial charge >= 0.3 is 0 Å². The fourth-order valence-corrected chi connectivity index (χ4v) is 2.43. The molecular weight excluding hydrogens is 256 g/mol. The maximum Gasteiger partial charge on any atom is 0.239 e. The topological polar surface area (TPSA) is 67.2 Å². The number of hydrogen-bond donors (Lipinski definition) is 1. The number of rotatable bonds is 5. The van der Waals surface area contributed by atoms with Crippen LogP contribution in [0.1, 0.15) is 32.6 Å². The summed E-state index contributed by atoms with van der Waals surface area (Å²) in [7, 11) is 0. The van der Waals surface area contributed by atoms with Gasteiger partial charge < -0.3 is 10.2 Å². The zero-order valence-corrected chi connectivity index (χ0v) is 11.9. The van der Waals surface area contributed by atoms with Gasteiger partial charge in [-0.3, -0.25) is 14.3 Å². The molecule has 2 amide bonds. The molecule has 0 aliphatic carbocycles. The van der Waals surface area contributed by atoms with Crippen LogP contribution in [-0.4, -0.2) is 45.6 Å². The second-order valence-corrected chi connectivity index (χ2v) is 5.32. The summed E-state index contributed by atoms with van der Waals surface area (Å²) in [5, 5.41) is 7.02. The molecule has 1 aliphatic rings. The van der Waals surface area contributed by atoms with E-state index in [9.17, 15) is 9.59 Å². The Morgan fingerprint density at radius 1 is 1.45 bits per heavy atom. The Bertz CT molecular complexity index is 444. The summed E-state index contributed by atoms with van der Waals surface area (Å²) in [6.45, 7) is 3.43. The third-order valence-corrected chi connectivity index (χ3v) is 3.43. The minimum absolute atomic E-state index is 0.00974. The summed E-state index contributed by atoms with van der Waals surface area (Å²) >= 11 is 0. The van der Waals surface area contributed by atoms with Crippen LogP contribution >= 0.6 is 0 Å². The fraction of sp³-hybridized carbons (Fsp3) is 0.643. The third kappa shape index (κ3) is 4.36. The van der Waals surface area contributed by atoms with Crippen molar-refractivity contribution in [3.05, 3.63) is 18.5 Å². The number of nitrogens with zero attached hydrogens (tertiary/aromatic N) is 3. The van der Waals surface area contributed by atoms with Crippen molar-refractivity contribution in [3.63, 3.8) is 0 Å². The van der Waals surface area contributed by atoms with Crippen molar-refractivity contribution in [2.75, 3.05) is 13.1 Å². The van der Waals surface area contributed by atoms with Crippen molar-refractivity contribution in [1.82, 2.24) is 20.0 Å². The summed E-state index contributed by atoms with van der Waals surface area (Å²) in [6, 6.07) is 1.84. The lowest BCUT2D eigenvalue weighted by Crippen LogP contribution is -2.44. The van der Waals surface area contributed by atoms with Crippen molar-refractivity contribution in [2.24, 2.45) is 0 Å². The molecule has 1 aromatic heterocycles. The van der Waals surface area contributed by atoms with E-state index >= 15 is 0 Å². The molecular formula is C14H22N4O2. The number of carbonyl (C=O) groups excluding carboxylic acids is 2. The number of hydrogen-bond acceptors (Lipinski definition) is 3. The van der Waals surface area contributed by atoms with Crippen LogP contribution in [0.15, 0.2) is 18.5 Å². The highest BCUT2D eigenvalue weighted by Gasteiger charge is 2.19. The van der Waals surface area contributed by atoms with Gasteiger partial charge in [0.25, 0.3) is 0 Å². The van der Waals surface area contributed by atoms with Gasteiger partial charge in [0.1, 0.15) is 0 Å². The predicted octanol–water partition coefficient (Wildman–Crippen LogP) is 0.790. The molecule has 20 heavy (non-hydrogen) atoms. The van der Waals surface area contributed by atoms with Gasteiger partial charge in [0.05, 0.1) is 13.1 Å². The van der Waals surface area contributed by atoms with Gasteiger partial charge in [-0.2, -0.15) is 5.10 Å². The lowest BCUT2D eigenvalue weighted by molar-refractivity contribution is -0.135. The van der Waals surface area contributed by atoms with Crippen molar-refractivity contribution >= 4 is 11.8 Å². The molecule has 0 unspecified atom stereocenters. The molecule has 1 aromatic rings. The molecule has 0 radical (unpaired) electrons. The van der Waals surface area contributed by atoms with E-state index in [1.807, 2.05) is 19.2 Å². The summed E-state index contributed by atoms with van der Waals surface area (Å²) in [5.74, 6) is -0.00251. The number of nitrogens with one attached hydrogen (secondary N) is 1. The molecule has 6 nitrogen and oxygen atoms in total. The Morgan fingerprint density at radius 3 is 3.05 bits per heavy atom. The van der Waals surface area contributed by atoms with E-state index in [0.717, 1.165) is 19.3 Å². The predicted molar refractivity (Wildman–Crippen MR) is 74.9 cm³/mol. The maximum absolute atomic E-state index is 12.0. The van der Waals surface area contributed by atoms with Crippen LogP contribution in [0.25, 0.3) is 0 Å². The second-order valence-electron chi connectivity index (χ2n) is 5.32. The maximum atomic E-state index is 12.0. The summed E-state index contributed by atoms with van der Waals surface area (Å²) in [6.07, 6.45) is 7.13. The average Bonchev–Trinajstić information content (AvgIpc) is 2.81. The average molecular weight is 278 g/mol. The first kappa shape index (κ1) is 14.6. The highest BCUT2D eigenvalue weighted by atomic mass is 16.2. The molecule has 1 aliphatic heterocycles. The number of aromatic nitrogens is 2. The summed E-state index contributed by atoms with van der Waals surface area (Å²) in [5.41, 5.74) is 0. The lowest BCUT2D eigenvalue weighted by Gasteiger charge is -2.21. The quantitative estimate of drug-likeness (QED) is 0.866. The van der Waals surface area contributed by atoms with Gasteiger partial charge in [-0.15, -0.1) is 0 Å². The summed E-state index contributed by atoms with van der Waals surface area (Å²) < 4.78 is 1.78. The third-order valence-electron chi connectivity index (χ3n) is 3.43. The van der Waals surface area contributed by atoms with Crippen LogP contribution in [-0.2, 0) is 16.1 Å². The van der Waals surface area contributed by atoms with Gasteiger partial charge in [0.15, 0.2) is 0 Å². The zero-order valence-electron chi connectivity index (χ0n) is 11.9. The van der Waals surface area contributed by atoms with E-state index in [0.29, 0.717) is 19.5 Å². The molecule has 1 fully saturated rings. The standard InChI is InChI=1S/C14H22N4O2/c1-12(10-18-9-5-7-15-18)16-13(19)11-17-8-4-2-3-6-14(17)20/h5,7,9,12H,2-4,6,8,10-11H2,1H3,(H,16,19)/t12-/m1/s1. The molecule has 2 rings (SSSR count). The Hall–Kier alpha value is -1.85. The molecule has 6 heteroatoms. The molecule has 2 heterocycles. The largest absolute Gasteiger partial charge is 0.350 e. The Morgan fingerprint density at radius 2 is 2.30 bits per heavy atom. The molecule has 110 valence electrons. The van der Waals surface area contributed by atoms with Crippen molar-refractivity contribution in [1.29, 1.82) is 0 Å². The fourth-order valence-electron chi connectivity index (χ4n) is 2.43. The number of amides is 2. The normalized spacial score (nSPS) is 17.6. The first-order valence-corrected chi connectivity index (χ1v) is 7.19. The highest BCUT2D eigenvalue weighted by molar-refractivity contribution is 5.85. The molecule has 1 saturated heterocycles. The zero-order chi connectivity index (χ0) is 14.4. The lowest BCUT2D eigenvalue weighted by atomic mass is 10.2. The number of carbonyl (C=O) groups is 2. The van der Waals surface area contributed by atoms with Gasteiger partial charge in [-0.1, -0.05) is 6.42 Å². The Balaban J connectivity index is 1.77. The van der Waals surface area contributed by atoms with Crippen LogP contribution in [0.2, 0.25) is 0 Å². The number of likely N-dealkylation sites (tertiary alicyclic amines) is 1. The van der Waals surface area contributed by atoms with Crippen LogP contribution in [0.5, 0.6) is 0 Å². The highest BCUT2D eigenvalue weighted by Crippen LogP contribution is 2.10.